The summed E-state index contributed by atoms with van der Waals surface area (Å²) in [5.74, 6) is 0. The van der Waals surface area contributed by atoms with Crippen molar-refractivity contribution in [2.24, 2.45) is 4.76 Å². The highest BCUT2D eigenvalue weighted by molar-refractivity contribution is 7.52. The van der Waals surface area contributed by atoms with Gasteiger partial charge in [0.2, 0.25) is 0 Å². The van der Waals surface area contributed by atoms with Crippen LogP contribution in [0.5, 0.6) is 0 Å². The van der Waals surface area contributed by atoms with E-state index in [9.17, 15) is 4.57 Å². The van der Waals surface area contributed by atoms with Crippen molar-refractivity contribution in [3.05, 3.63) is 48.0 Å². The van der Waals surface area contributed by atoms with Crippen LogP contribution in [0.2, 0.25) is 0 Å². The average molecular weight is 305 g/mol. The van der Waals surface area contributed by atoms with Gasteiger partial charge in [-0.3, -0.25) is 9.05 Å². The summed E-state index contributed by atoms with van der Waals surface area (Å²) in [5, 5.41) is 2.36. The van der Waals surface area contributed by atoms with Crippen LogP contribution in [-0.4, -0.2) is 19.4 Å². The van der Waals surface area contributed by atoms with E-state index < -0.39 is 7.75 Å². The maximum absolute atomic E-state index is 12.2. The van der Waals surface area contributed by atoms with Crippen molar-refractivity contribution in [1.82, 2.24) is 0 Å². The molecule has 21 heavy (non-hydrogen) atoms. The molecule has 0 fully saturated rings. The minimum Gasteiger partial charge on any atom is -0.291 e. The molecule has 0 atom stereocenters. The molecule has 0 unspecified atom stereocenters. The Morgan fingerprint density at radius 1 is 1.05 bits per heavy atom. The highest BCUT2D eigenvalue weighted by Crippen LogP contribution is 2.49. The number of benzene rings is 2. The first-order chi connectivity index (χ1) is 10.2. The topological polar surface area (TPSA) is 47.9 Å². The lowest BCUT2D eigenvalue weighted by atomic mass is 10.0. The summed E-state index contributed by atoms with van der Waals surface area (Å²) >= 11 is 0. The maximum Gasteiger partial charge on any atom is 0.453 e. The van der Waals surface area contributed by atoms with Crippen LogP contribution in [-0.2, 0) is 20.0 Å². The predicted octanol–water partition coefficient (Wildman–Crippen LogP) is 4.63. The van der Waals surface area contributed by atoms with E-state index >= 15 is 0 Å². The summed E-state index contributed by atoms with van der Waals surface area (Å²) in [7, 11) is -3.35. The second-order valence-electron chi connectivity index (χ2n) is 4.44. The first-order valence-corrected chi connectivity index (χ1v) is 8.58. The molecule has 0 amide bonds. The van der Waals surface area contributed by atoms with Gasteiger partial charge in [0.15, 0.2) is 0 Å². The third-order valence-corrected chi connectivity index (χ3v) is 4.61. The Labute approximate surface area is 125 Å². The van der Waals surface area contributed by atoms with Crippen molar-refractivity contribution >= 4 is 24.7 Å². The van der Waals surface area contributed by atoms with Crippen LogP contribution in [0.4, 0.5) is 0 Å². The summed E-state index contributed by atoms with van der Waals surface area (Å²) in [6, 6.07) is 14.3. The minimum atomic E-state index is -3.35. The van der Waals surface area contributed by atoms with Crippen LogP contribution in [0.1, 0.15) is 19.4 Å². The number of rotatable bonds is 7. The molecule has 2 rings (SSSR count). The van der Waals surface area contributed by atoms with Gasteiger partial charge in [-0.1, -0.05) is 42.5 Å². The van der Waals surface area contributed by atoms with E-state index in [4.69, 9.17) is 9.05 Å². The van der Waals surface area contributed by atoms with Gasteiger partial charge in [-0.2, -0.15) is 4.76 Å². The molecule has 0 aromatic heterocycles. The molecule has 0 saturated carbocycles. The van der Waals surface area contributed by atoms with Crippen LogP contribution in [0.25, 0.3) is 10.8 Å². The summed E-state index contributed by atoms with van der Waals surface area (Å²) < 4.78 is 26.5. The molecule has 0 saturated heterocycles. The molecular formula is C16H20NO3P. The third-order valence-electron chi connectivity index (χ3n) is 3.00. The zero-order chi connectivity index (χ0) is 15.1. The second kappa shape index (κ2) is 7.51. The second-order valence-corrected chi connectivity index (χ2v) is 6.13. The number of fused-ring (bicyclic) bond motifs is 1. The molecule has 0 aliphatic rings. The van der Waals surface area contributed by atoms with Crippen molar-refractivity contribution in [3.63, 3.8) is 0 Å². The van der Waals surface area contributed by atoms with E-state index in [0.29, 0.717) is 19.6 Å². The number of hydrogen-bond acceptors (Lipinski definition) is 3. The fraction of sp³-hybridized carbons (Fsp3) is 0.312. The first-order valence-electron chi connectivity index (χ1n) is 7.08. The molecule has 0 bridgehead atoms. The van der Waals surface area contributed by atoms with E-state index in [1.165, 1.54) is 10.8 Å². The summed E-state index contributed by atoms with van der Waals surface area (Å²) in [6.07, 6.45) is 2.21. The number of nitrogens with zero attached hydrogens (tertiary/aromatic N) is 1. The van der Waals surface area contributed by atoms with Crippen molar-refractivity contribution in [1.29, 1.82) is 0 Å². The lowest BCUT2D eigenvalue weighted by Gasteiger charge is -2.11. The van der Waals surface area contributed by atoms with Crippen LogP contribution in [0.3, 0.4) is 0 Å². The zero-order valence-electron chi connectivity index (χ0n) is 12.4. The molecule has 0 radical (unpaired) electrons. The molecule has 0 aliphatic carbocycles. The fourth-order valence-electron chi connectivity index (χ4n) is 2.14. The molecule has 0 spiro atoms. The van der Waals surface area contributed by atoms with Crippen molar-refractivity contribution < 1.29 is 13.6 Å². The normalized spacial score (nSPS) is 12.3. The van der Waals surface area contributed by atoms with Crippen LogP contribution < -0.4 is 0 Å². The molecule has 2 aromatic rings. The Hall–Kier alpha value is -1.48. The quantitative estimate of drug-likeness (QED) is 0.553. The first kappa shape index (κ1) is 15.9. The van der Waals surface area contributed by atoms with Gasteiger partial charge in [0, 0.05) is 12.6 Å². The van der Waals surface area contributed by atoms with Gasteiger partial charge in [-0.25, -0.2) is 4.57 Å². The molecule has 0 N–H and O–H groups in total. The molecule has 112 valence electrons. The smallest absolute Gasteiger partial charge is 0.291 e. The Bertz CT molecular complexity index is 654. The van der Waals surface area contributed by atoms with Gasteiger partial charge in [0.25, 0.3) is 0 Å². The van der Waals surface area contributed by atoms with Gasteiger partial charge in [-0.05, 0) is 30.2 Å². The standard InChI is InChI=1S/C16H20NO3P/c1-3-19-21(18,20-4-2)17-13-12-15-10-7-9-14-8-5-6-11-16(14)15/h5-11,13H,3-4,12H2,1-2H3. The van der Waals surface area contributed by atoms with Crippen LogP contribution in [0, 0.1) is 0 Å². The minimum absolute atomic E-state index is 0.308. The van der Waals surface area contributed by atoms with Gasteiger partial charge in [0.05, 0.1) is 13.2 Å². The average Bonchev–Trinajstić information content (AvgIpc) is 2.48. The zero-order valence-corrected chi connectivity index (χ0v) is 13.3. The van der Waals surface area contributed by atoms with Crippen molar-refractivity contribution in [3.8, 4) is 0 Å². The Balaban J connectivity index is 2.17. The van der Waals surface area contributed by atoms with Crippen molar-refractivity contribution in [2.75, 3.05) is 13.2 Å². The molecular weight excluding hydrogens is 285 g/mol. The van der Waals surface area contributed by atoms with E-state index in [-0.39, 0.29) is 0 Å². The molecule has 0 heterocycles. The molecule has 0 aliphatic heterocycles. The lowest BCUT2D eigenvalue weighted by Crippen LogP contribution is -1.95. The van der Waals surface area contributed by atoms with Gasteiger partial charge < -0.3 is 0 Å². The third kappa shape index (κ3) is 4.24. The monoisotopic (exact) mass is 305 g/mol. The Morgan fingerprint density at radius 2 is 1.71 bits per heavy atom. The van der Waals surface area contributed by atoms with Crippen molar-refractivity contribution in [2.45, 2.75) is 20.3 Å². The lowest BCUT2D eigenvalue weighted by molar-refractivity contribution is 0.221. The predicted molar refractivity (Wildman–Crippen MR) is 87.0 cm³/mol. The van der Waals surface area contributed by atoms with Crippen LogP contribution in [0.15, 0.2) is 47.2 Å². The largest absolute Gasteiger partial charge is 0.453 e. The van der Waals surface area contributed by atoms with E-state index in [2.05, 4.69) is 23.0 Å². The van der Waals surface area contributed by atoms with Crippen LogP contribution >= 0.6 is 7.75 Å². The highest BCUT2D eigenvalue weighted by atomic mass is 31.2. The highest BCUT2D eigenvalue weighted by Gasteiger charge is 2.20. The van der Waals surface area contributed by atoms with Gasteiger partial charge in [0.1, 0.15) is 0 Å². The molecule has 5 heteroatoms. The fourth-order valence-corrected chi connectivity index (χ4v) is 3.28. The summed E-state index contributed by atoms with van der Waals surface area (Å²) in [5.41, 5.74) is 1.14. The SMILES string of the molecule is CCOP(=O)(N=CCc1cccc2ccccc12)OCC. The van der Waals surface area contributed by atoms with Gasteiger partial charge in [-0.15, -0.1) is 0 Å². The van der Waals surface area contributed by atoms with E-state index in [0.717, 1.165) is 5.56 Å². The van der Waals surface area contributed by atoms with E-state index in [1.807, 2.05) is 24.3 Å². The Kier molecular flexibility index (Phi) is 5.68. The molecule has 2 aromatic carbocycles. The number of hydrogen-bond donors (Lipinski definition) is 0. The maximum atomic E-state index is 12.2. The van der Waals surface area contributed by atoms with Gasteiger partial charge >= 0.3 is 7.75 Å². The summed E-state index contributed by atoms with van der Waals surface area (Å²) in [4.78, 5) is 0. The van der Waals surface area contributed by atoms with E-state index in [1.54, 1.807) is 20.1 Å². The molecule has 4 nitrogen and oxygen atoms in total. The Morgan fingerprint density at radius 3 is 2.43 bits per heavy atom. The summed E-state index contributed by atoms with van der Waals surface area (Å²) in [6.45, 7) is 4.16.